The summed E-state index contributed by atoms with van der Waals surface area (Å²) in [6.45, 7) is 3.63. The van der Waals surface area contributed by atoms with Crippen molar-refractivity contribution in [3.05, 3.63) is 17.0 Å². The molecular weight excluding hydrogens is 230 g/mol. The van der Waals surface area contributed by atoms with Gasteiger partial charge < -0.3 is 5.84 Å². The summed E-state index contributed by atoms with van der Waals surface area (Å²) in [6, 6.07) is 0. The van der Waals surface area contributed by atoms with Gasteiger partial charge in [-0.2, -0.15) is 0 Å². The average molecular weight is 243 g/mol. The van der Waals surface area contributed by atoms with E-state index < -0.39 is 15.9 Å². The number of nitrogens with two attached hydrogens (primary N) is 1. The Morgan fingerprint density at radius 2 is 1.81 bits per heavy atom. The van der Waals surface area contributed by atoms with Gasteiger partial charge >= 0.3 is 0 Å². The molecule has 0 fully saturated rings. The fraction of sp³-hybridized carbons (Fsp3) is 0.444. The highest BCUT2D eigenvalue weighted by molar-refractivity contribution is 7.90. The Labute approximate surface area is 93.5 Å². The van der Waals surface area contributed by atoms with Gasteiger partial charge in [0, 0.05) is 0 Å². The number of nitrogen functional groups attached to an aromatic ring is 1. The molecule has 1 aromatic rings. The minimum absolute atomic E-state index is 0.0550. The van der Waals surface area contributed by atoms with E-state index in [2.05, 4.69) is 0 Å². The molecule has 1 aromatic heterocycles. The lowest BCUT2D eigenvalue weighted by atomic mass is 10.2. The van der Waals surface area contributed by atoms with Gasteiger partial charge in [-0.05, 0) is 12.8 Å². The Morgan fingerprint density at radius 3 is 2.31 bits per heavy atom. The van der Waals surface area contributed by atoms with E-state index in [4.69, 9.17) is 5.84 Å². The molecular formula is C9H13N3O3S. The minimum Gasteiger partial charge on any atom is -0.339 e. The van der Waals surface area contributed by atoms with Gasteiger partial charge in [0.05, 0.1) is 17.0 Å². The summed E-state index contributed by atoms with van der Waals surface area (Å²) in [4.78, 5) is 11.6. The zero-order valence-electron chi connectivity index (χ0n) is 9.07. The lowest BCUT2D eigenvalue weighted by Gasteiger charge is -2.06. The molecule has 2 rings (SSSR count). The van der Waals surface area contributed by atoms with Crippen LogP contribution >= 0.6 is 0 Å². The van der Waals surface area contributed by atoms with Crippen LogP contribution in [-0.4, -0.2) is 19.0 Å². The van der Waals surface area contributed by atoms with E-state index in [9.17, 15) is 13.2 Å². The SMILES string of the molecule is CCc1c2c(c(CC)n1N)S(=O)(=O)NC2=O. The van der Waals surface area contributed by atoms with Crippen molar-refractivity contribution in [2.24, 2.45) is 0 Å². The molecule has 0 bridgehead atoms. The number of nitrogens with one attached hydrogen (secondary N) is 1. The molecule has 6 nitrogen and oxygen atoms in total. The second-order valence-electron chi connectivity index (χ2n) is 3.61. The maximum Gasteiger partial charge on any atom is 0.268 e. The molecule has 0 spiro atoms. The van der Waals surface area contributed by atoms with Crippen LogP contribution < -0.4 is 10.6 Å². The Bertz CT molecular complexity index is 571. The maximum atomic E-state index is 11.7. The molecule has 0 saturated carbocycles. The molecule has 1 aliphatic rings. The van der Waals surface area contributed by atoms with Crippen LogP contribution in [0.2, 0.25) is 0 Å². The Balaban J connectivity index is 2.89. The van der Waals surface area contributed by atoms with Crippen LogP contribution in [-0.2, 0) is 22.9 Å². The van der Waals surface area contributed by atoms with E-state index in [0.717, 1.165) is 0 Å². The zero-order valence-corrected chi connectivity index (χ0v) is 9.89. The van der Waals surface area contributed by atoms with Gasteiger partial charge in [-0.3, -0.25) is 9.47 Å². The first-order valence-corrected chi connectivity index (χ1v) is 6.51. The van der Waals surface area contributed by atoms with E-state index >= 15 is 0 Å². The zero-order chi connectivity index (χ0) is 12.1. The van der Waals surface area contributed by atoms with Crippen LogP contribution in [0, 0.1) is 0 Å². The van der Waals surface area contributed by atoms with E-state index in [1.807, 2.05) is 11.6 Å². The van der Waals surface area contributed by atoms with Crippen molar-refractivity contribution in [2.45, 2.75) is 31.6 Å². The van der Waals surface area contributed by atoms with Crippen molar-refractivity contribution in [2.75, 3.05) is 5.84 Å². The normalized spacial score (nSPS) is 17.2. The van der Waals surface area contributed by atoms with Gasteiger partial charge in [-0.25, -0.2) is 13.1 Å². The van der Waals surface area contributed by atoms with Crippen molar-refractivity contribution in [3.63, 3.8) is 0 Å². The molecule has 0 radical (unpaired) electrons. The monoisotopic (exact) mass is 243 g/mol. The third kappa shape index (κ3) is 1.18. The highest BCUT2D eigenvalue weighted by atomic mass is 32.2. The van der Waals surface area contributed by atoms with Gasteiger partial charge in [-0.1, -0.05) is 13.8 Å². The fourth-order valence-electron chi connectivity index (χ4n) is 2.09. The molecule has 1 aliphatic heterocycles. The quantitative estimate of drug-likeness (QED) is 0.701. The summed E-state index contributed by atoms with van der Waals surface area (Å²) in [7, 11) is -3.71. The number of hydrogen-bond acceptors (Lipinski definition) is 4. The van der Waals surface area contributed by atoms with Crippen LogP contribution in [0.4, 0.5) is 0 Å². The number of sulfonamides is 1. The molecule has 0 atom stereocenters. The molecule has 3 N–H and O–H groups in total. The smallest absolute Gasteiger partial charge is 0.268 e. The third-order valence-electron chi connectivity index (χ3n) is 2.75. The van der Waals surface area contributed by atoms with E-state index in [0.29, 0.717) is 24.2 Å². The topological polar surface area (TPSA) is 94.2 Å². The average Bonchev–Trinajstić information content (AvgIpc) is 2.61. The molecule has 7 heteroatoms. The van der Waals surface area contributed by atoms with Gasteiger partial charge in [-0.15, -0.1) is 0 Å². The summed E-state index contributed by atoms with van der Waals surface area (Å²) in [5.74, 6) is 5.21. The predicted octanol–water partition coefficient (Wildman–Crippen LogP) is -0.241. The summed E-state index contributed by atoms with van der Waals surface area (Å²) >= 11 is 0. The Morgan fingerprint density at radius 1 is 1.25 bits per heavy atom. The lowest BCUT2D eigenvalue weighted by molar-refractivity contribution is 0.0984. The number of aromatic nitrogens is 1. The van der Waals surface area contributed by atoms with Crippen LogP contribution in [0.15, 0.2) is 4.90 Å². The number of carbonyl (C=O) groups is 1. The summed E-state index contributed by atoms with van der Waals surface area (Å²) in [5.41, 5.74) is 1.25. The highest BCUT2D eigenvalue weighted by Crippen LogP contribution is 2.31. The molecule has 0 saturated heterocycles. The molecule has 2 heterocycles. The second kappa shape index (κ2) is 3.24. The molecule has 0 aliphatic carbocycles. The third-order valence-corrected chi connectivity index (χ3v) is 4.18. The highest BCUT2D eigenvalue weighted by Gasteiger charge is 2.40. The van der Waals surface area contributed by atoms with Crippen molar-refractivity contribution in [3.8, 4) is 0 Å². The predicted molar refractivity (Wildman–Crippen MR) is 58.0 cm³/mol. The minimum atomic E-state index is -3.71. The standard InChI is InChI=1S/C9H13N3O3S/c1-3-5-7-8(6(4-2)12(5)10)16(14,15)11-9(7)13/h3-4,10H2,1-2H3,(H,11,13). The molecule has 16 heavy (non-hydrogen) atoms. The first kappa shape index (κ1) is 11.0. The first-order chi connectivity index (χ1) is 7.44. The lowest BCUT2D eigenvalue weighted by Crippen LogP contribution is -2.25. The maximum absolute atomic E-state index is 11.7. The largest absolute Gasteiger partial charge is 0.339 e. The van der Waals surface area contributed by atoms with E-state index in [1.54, 1.807) is 6.92 Å². The van der Waals surface area contributed by atoms with Crippen molar-refractivity contribution >= 4 is 15.9 Å². The van der Waals surface area contributed by atoms with Crippen molar-refractivity contribution in [1.82, 2.24) is 9.40 Å². The van der Waals surface area contributed by atoms with E-state index in [1.165, 1.54) is 4.68 Å². The number of fused-ring (bicyclic) bond motifs is 1. The number of amides is 1. The molecule has 0 unspecified atom stereocenters. The van der Waals surface area contributed by atoms with Crippen LogP contribution in [0.1, 0.15) is 35.6 Å². The van der Waals surface area contributed by atoms with Crippen molar-refractivity contribution in [1.29, 1.82) is 0 Å². The molecule has 88 valence electrons. The van der Waals surface area contributed by atoms with Crippen molar-refractivity contribution < 1.29 is 13.2 Å². The second-order valence-corrected chi connectivity index (χ2v) is 5.23. The first-order valence-electron chi connectivity index (χ1n) is 5.02. The summed E-state index contributed by atoms with van der Waals surface area (Å²) < 4.78 is 26.7. The number of hydrogen-bond donors (Lipinski definition) is 2. The fourth-order valence-corrected chi connectivity index (χ4v) is 3.57. The van der Waals surface area contributed by atoms with E-state index in [-0.39, 0.29) is 10.5 Å². The Kier molecular flexibility index (Phi) is 2.23. The number of rotatable bonds is 2. The summed E-state index contributed by atoms with van der Waals surface area (Å²) in [5, 5.41) is 0. The van der Waals surface area contributed by atoms with Crippen LogP contribution in [0.25, 0.3) is 0 Å². The van der Waals surface area contributed by atoms with Gasteiger partial charge in [0.25, 0.3) is 15.9 Å². The van der Waals surface area contributed by atoms with Gasteiger partial charge in [0.1, 0.15) is 4.90 Å². The molecule has 0 aromatic carbocycles. The number of carbonyl (C=O) groups excluding carboxylic acids is 1. The van der Waals surface area contributed by atoms with Crippen LogP contribution in [0.5, 0.6) is 0 Å². The van der Waals surface area contributed by atoms with Crippen LogP contribution in [0.3, 0.4) is 0 Å². The van der Waals surface area contributed by atoms with Gasteiger partial charge in [0.15, 0.2) is 0 Å². The summed E-state index contributed by atoms with van der Waals surface area (Å²) in [6.07, 6.45) is 0.981. The number of nitrogens with zero attached hydrogens (tertiary/aromatic N) is 1. The molecule has 1 amide bonds. The Hall–Kier alpha value is -1.50. The van der Waals surface area contributed by atoms with Gasteiger partial charge in [0.2, 0.25) is 0 Å².